The highest BCUT2D eigenvalue weighted by molar-refractivity contribution is 7.14. The van der Waals surface area contributed by atoms with Gasteiger partial charge < -0.3 is 0 Å². The molecule has 0 atom stereocenters. The molecule has 0 saturated carbocycles. The lowest BCUT2D eigenvalue weighted by atomic mass is 9.90. The second-order valence-electron chi connectivity index (χ2n) is 5.55. The van der Waals surface area contributed by atoms with Crippen molar-refractivity contribution in [3.8, 4) is 0 Å². The molecule has 0 unspecified atom stereocenters. The molecule has 0 saturated heterocycles. The third-order valence-electron chi connectivity index (χ3n) is 3.90. The van der Waals surface area contributed by atoms with Crippen LogP contribution in [-0.4, -0.2) is 0 Å². The van der Waals surface area contributed by atoms with Gasteiger partial charge in [-0.05, 0) is 35.8 Å². The Morgan fingerprint density at radius 2 is 1.53 bits per heavy atom. The summed E-state index contributed by atoms with van der Waals surface area (Å²) < 4.78 is 1.02. The van der Waals surface area contributed by atoms with Crippen LogP contribution in [0.2, 0.25) is 4.34 Å². The van der Waals surface area contributed by atoms with Crippen LogP contribution in [0.1, 0.15) is 89.5 Å². The van der Waals surface area contributed by atoms with E-state index in [1.807, 2.05) is 0 Å². The van der Waals surface area contributed by atoms with E-state index in [-0.39, 0.29) is 0 Å². The molecule has 0 aromatic carbocycles. The molecule has 0 aliphatic carbocycles. The molecule has 0 N–H and O–H groups in total. The van der Waals surface area contributed by atoms with E-state index in [9.17, 15) is 0 Å². The summed E-state index contributed by atoms with van der Waals surface area (Å²) in [6.07, 6.45) is 13.5. The van der Waals surface area contributed by atoms with Gasteiger partial charge >= 0.3 is 0 Å². The van der Waals surface area contributed by atoms with Gasteiger partial charge in [0.25, 0.3) is 0 Å². The number of unbranched alkanes of at least 4 members (excludes halogenated alkanes) is 6. The first-order valence-electron chi connectivity index (χ1n) is 8.02. The minimum Gasteiger partial charge on any atom is -0.132 e. The molecular formula is C17H29ClS. The van der Waals surface area contributed by atoms with E-state index in [1.54, 1.807) is 11.3 Å². The minimum absolute atomic E-state index is 0.701. The summed E-state index contributed by atoms with van der Waals surface area (Å²) in [6, 6.07) is 2.25. The summed E-state index contributed by atoms with van der Waals surface area (Å²) in [5.41, 5.74) is 1.42. The fourth-order valence-electron chi connectivity index (χ4n) is 2.69. The number of rotatable bonds is 11. The van der Waals surface area contributed by atoms with Gasteiger partial charge in [-0.1, -0.05) is 76.8 Å². The van der Waals surface area contributed by atoms with Crippen molar-refractivity contribution in [3.05, 3.63) is 21.3 Å². The molecule has 0 radical (unpaired) electrons. The Morgan fingerprint density at radius 1 is 0.947 bits per heavy atom. The van der Waals surface area contributed by atoms with Crippen molar-refractivity contribution in [2.45, 2.75) is 84.0 Å². The molecule has 19 heavy (non-hydrogen) atoms. The van der Waals surface area contributed by atoms with Crippen LogP contribution in [0, 0.1) is 0 Å². The van der Waals surface area contributed by atoms with Gasteiger partial charge in [0.2, 0.25) is 0 Å². The predicted molar refractivity (Wildman–Crippen MR) is 89.6 cm³/mol. The lowest BCUT2D eigenvalue weighted by Crippen LogP contribution is -1.99. The lowest BCUT2D eigenvalue weighted by molar-refractivity contribution is 0.497. The monoisotopic (exact) mass is 300 g/mol. The standard InChI is InChI=1S/C17H29ClS/c1-3-5-7-9-11-15(12-10-8-6-4-2)16-13-14-19-17(16)18/h13-15H,3-12H2,1-2H3. The maximum atomic E-state index is 6.33. The van der Waals surface area contributed by atoms with Crippen molar-refractivity contribution in [1.82, 2.24) is 0 Å². The quantitative estimate of drug-likeness (QED) is 0.373. The van der Waals surface area contributed by atoms with E-state index in [0.717, 1.165) is 4.34 Å². The SMILES string of the molecule is CCCCCCC(CCCCCC)c1ccsc1Cl. The van der Waals surface area contributed by atoms with Crippen molar-refractivity contribution in [1.29, 1.82) is 0 Å². The van der Waals surface area contributed by atoms with Crippen molar-refractivity contribution in [3.63, 3.8) is 0 Å². The highest BCUT2D eigenvalue weighted by atomic mass is 35.5. The molecule has 2 heteroatoms. The van der Waals surface area contributed by atoms with E-state index in [0.29, 0.717) is 5.92 Å². The fraction of sp³-hybridized carbons (Fsp3) is 0.765. The van der Waals surface area contributed by atoms with Gasteiger partial charge in [-0.2, -0.15) is 0 Å². The summed E-state index contributed by atoms with van der Waals surface area (Å²) >= 11 is 8.02. The molecule has 1 rings (SSSR count). The molecule has 0 aliphatic heterocycles. The van der Waals surface area contributed by atoms with Crippen LogP contribution in [0.25, 0.3) is 0 Å². The van der Waals surface area contributed by atoms with Gasteiger partial charge in [0.05, 0.1) is 4.34 Å². The topological polar surface area (TPSA) is 0 Å². The minimum atomic E-state index is 0.701. The Hall–Kier alpha value is -0.0100. The van der Waals surface area contributed by atoms with Crippen molar-refractivity contribution < 1.29 is 0 Å². The fourth-order valence-corrected chi connectivity index (χ4v) is 3.76. The predicted octanol–water partition coefficient (Wildman–Crippen LogP) is 7.43. The summed E-state index contributed by atoms with van der Waals surface area (Å²) in [7, 11) is 0. The van der Waals surface area contributed by atoms with Gasteiger partial charge in [0, 0.05) is 0 Å². The number of hydrogen-bond donors (Lipinski definition) is 0. The van der Waals surface area contributed by atoms with Crippen LogP contribution in [0.15, 0.2) is 11.4 Å². The average Bonchev–Trinajstić information content (AvgIpc) is 2.83. The second kappa shape index (κ2) is 10.7. The van der Waals surface area contributed by atoms with Crippen molar-refractivity contribution >= 4 is 22.9 Å². The van der Waals surface area contributed by atoms with Gasteiger partial charge in [0.15, 0.2) is 0 Å². The molecule has 1 heterocycles. The van der Waals surface area contributed by atoms with E-state index in [1.165, 1.54) is 69.8 Å². The summed E-state index contributed by atoms with van der Waals surface area (Å²) in [6.45, 7) is 4.55. The van der Waals surface area contributed by atoms with Crippen LogP contribution in [0.3, 0.4) is 0 Å². The molecule has 1 aromatic rings. The number of hydrogen-bond acceptors (Lipinski definition) is 1. The molecule has 0 spiro atoms. The van der Waals surface area contributed by atoms with Gasteiger partial charge in [-0.15, -0.1) is 11.3 Å². The molecule has 0 aliphatic rings. The lowest BCUT2D eigenvalue weighted by Gasteiger charge is -2.16. The largest absolute Gasteiger partial charge is 0.132 e. The summed E-state index contributed by atoms with van der Waals surface area (Å²) in [4.78, 5) is 0. The Kier molecular flexibility index (Phi) is 9.63. The molecular weight excluding hydrogens is 272 g/mol. The number of halogens is 1. The molecule has 1 aromatic heterocycles. The molecule has 0 fully saturated rings. The normalized spacial score (nSPS) is 11.4. The summed E-state index contributed by atoms with van der Waals surface area (Å²) in [5.74, 6) is 0.701. The van der Waals surface area contributed by atoms with Crippen LogP contribution in [0.5, 0.6) is 0 Å². The third kappa shape index (κ3) is 6.81. The van der Waals surface area contributed by atoms with Crippen LogP contribution in [0.4, 0.5) is 0 Å². The maximum absolute atomic E-state index is 6.33. The number of thiophene rings is 1. The van der Waals surface area contributed by atoms with E-state index >= 15 is 0 Å². The zero-order valence-electron chi connectivity index (χ0n) is 12.6. The highest BCUT2D eigenvalue weighted by Gasteiger charge is 2.15. The van der Waals surface area contributed by atoms with Crippen LogP contribution < -0.4 is 0 Å². The Labute approximate surface area is 128 Å². The van der Waals surface area contributed by atoms with Gasteiger partial charge in [0.1, 0.15) is 0 Å². The maximum Gasteiger partial charge on any atom is 0.0963 e. The van der Waals surface area contributed by atoms with Gasteiger partial charge in [-0.25, -0.2) is 0 Å². The smallest absolute Gasteiger partial charge is 0.0963 e. The van der Waals surface area contributed by atoms with Crippen LogP contribution in [-0.2, 0) is 0 Å². The zero-order valence-corrected chi connectivity index (χ0v) is 14.2. The third-order valence-corrected chi connectivity index (χ3v) is 5.10. The van der Waals surface area contributed by atoms with E-state index in [4.69, 9.17) is 11.6 Å². The molecule has 0 bridgehead atoms. The van der Waals surface area contributed by atoms with Crippen molar-refractivity contribution in [2.24, 2.45) is 0 Å². The van der Waals surface area contributed by atoms with Crippen molar-refractivity contribution in [2.75, 3.05) is 0 Å². The molecule has 110 valence electrons. The van der Waals surface area contributed by atoms with Gasteiger partial charge in [-0.3, -0.25) is 0 Å². The Bertz CT molecular complexity index is 307. The Morgan fingerprint density at radius 3 is 1.95 bits per heavy atom. The first-order valence-corrected chi connectivity index (χ1v) is 9.28. The second-order valence-corrected chi connectivity index (χ2v) is 7.06. The Balaban J connectivity index is 2.41. The average molecular weight is 301 g/mol. The van der Waals surface area contributed by atoms with Crippen LogP contribution >= 0.6 is 22.9 Å². The first-order chi connectivity index (χ1) is 9.29. The van der Waals surface area contributed by atoms with E-state index in [2.05, 4.69) is 25.3 Å². The summed E-state index contributed by atoms with van der Waals surface area (Å²) in [5, 5.41) is 2.14. The highest BCUT2D eigenvalue weighted by Crippen LogP contribution is 2.36. The zero-order chi connectivity index (χ0) is 13.9. The first kappa shape index (κ1) is 17.0. The molecule has 0 amide bonds. The van der Waals surface area contributed by atoms with E-state index < -0.39 is 0 Å². The molecule has 0 nitrogen and oxygen atoms in total.